The zero-order valence-corrected chi connectivity index (χ0v) is 14.3. The SMILES string of the molecule is CCCc1cc(=O)[nH]c(Sc2ccc(C(C)O)cc2Br)n1. The number of aryl methyl sites for hydroxylation is 1. The van der Waals surface area contributed by atoms with Crippen LogP contribution in [0.3, 0.4) is 0 Å². The second-order valence-corrected chi connectivity index (χ2v) is 6.64. The number of aliphatic hydroxyl groups is 1. The Morgan fingerprint density at radius 3 is 2.81 bits per heavy atom. The molecule has 1 atom stereocenters. The van der Waals surface area contributed by atoms with E-state index in [0.717, 1.165) is 33.5 Å². The third-order valence-corrected chi connectivity index (χ3v) is 4.81. The zero-order valence-electron chi connectivity index (χ0n) is 11.9. The summed E-state index contributed by atoms with van der Waals surface area (Å²) in [6.45, 7) is 3.78. The smallest absolute Gasteiger partial charge is 0.251 e. The number of halogens is 1. The maximum absolute atomic E-state index is 11.7. The van der Waals surface area contributed by atoms with E-state index in [0.29, 0.717) is 5.16 Å². The van der Waals surface area contributed by atoms with Crippen LogP contribution in [0.2, 0.25) is 0 Å². The van der Waals surface area contributed by atoms with Gasteiger partial charge in [-0.05, 0) is 47.0 Å². The van der Waals surface area contributed by atoms with Gasteiger partial charge in [-0.15, -0.1) is 0 Å². The Balaban J connectivity index is 2.27. The van der Waals surface area contributed by atoms with Crippen LogP contribution in [0.5, 0.6) is 0 Å². The number of hydrogen-bond acceptors (Lipinski definition) is 4. The fourth-order valence-electron chi connectivity index (χ4n) is 1.88. The van der Waals surface area contributed by atoms with Crippen molar-refractivity contribution < 1.29 is 5.11 Å². The van der Waals surface area contributed by atoms with Crippen molar-refractivity contribution in [2.24, 2.45) is 0 Å². The van der Waals surface area contributed by atoms with Crippen molar-refractivity contribution in [1.82, 2.24) is 9.97 Å². The van der Waals surface area contributed by atoms with Crippen molar-refractivity contribution in [3.63, 3.8) is 0 Å². The molecule has 0 spiro atoms. The van der Waals surface area contributed by atoms with Gasteiger partial charge in [0.1, 0.15) is 0 Å². The van der Waals surface area contributed by atoms with E-state index in [4.69, 9.17) is 0 Å². The van der Waals surface area contributed by atoms with Crippen molar-refractivity contribution in [2.75, 3.05) is 0 Å². The minimum Gasteiger partial charge on any atom is -0.389 e. The molecule has 1 heterocycles. The van der Waals surface area contributed by atoms with Gasteiger partial charge in [-0.2, -0.15) is 0 Å². The van der Waals surface area contributed by atoms with Crippen LogP contribution in [0.1, 0.15) is 37.6 Å². The van der Waals surface area contributed by atoms with Crippen molar-refractivity contribution in [2.45, 2.75) is 42.8 Å². The Hall–Kier alpha value is -1.11. The van der Waals surface area contributed by atoms with Gasteiger partial charge in [-0.1, -0.05) is 31.2 Å². The van der Waals surface area contributed by atoms with Gasteiger partial charge in [0.05, 0.1) is 6.10 Å². The Labute approximate surface area is 136 Å². The summed E-state index contributed by atoms with van der Waals surface area (Å²) in [6, 6.07) is 7.19. The van der Waals surface area contributed by atoms with E-state index in [9.17, 15) is 9.90 Å². The van der Waals surface area contributed by atoms with E-state index in [2.05, 4.69) is 32.8 Å². The van der Waals surface area contributed by atoms with Gasteiger partial charge in [-0.3, -0.25) is 4.79 Å². The summed E-state index contributed by atoms with van der Waals surface area (Å²) in [7, 11) is 0. The molecule has 0 radical (unpaired) electrons. The molecule has 1 unspecified atom stereocenters. The lowest BCUT2D eigenvalue weighted by atomic mass is 10.1. The monoisotopic (exact) mass is 368 g/mol. The molecule has 0 aliphatic carbocycles. The van der Waals surface area contributed by atoms with E-state index in [1.165, 1.54) is 11.8 Å². The topological polar surface area (TPSA) is 66.0 Å². The van der Waals surface area contributed by atoms with Gasteiger partial charge in [-0.25, -0.2) is 4.98 Å². The third-order valence-electron chi connectivity index (χ3n) is 2.92. The lowest BCUT2D eigenvalue weighted by molar-refractivity contribution is 0.199. The minimum atomic E-state index is -0.508. The standard InChI is InChI=1S/C15H17BrN2O2S/c1-3-4-11-8-14(20)18-15(17-11)21-13-6-5-10(9(2)19)7-12(13)16/h5-9,19H,3-4H2,1-2H3,(H,17,18,20). The highest BCUT2D eigenvalue weighted by Gasteiger charge is 2.09. The number of aliphatic hydroxyl groups excluding tert-OH is 1. The summed E-state index contributed by atoms with van der Waals surface area (Å²) in [5.41, 5.74) is 1.51. The zero-order chi connectivity index (χ0) is 15.4. The first-order valence-electron chi connectivity index (χ1n) is 6.75. The maximum atomic E-state index is 11.7. The summed E-state index contributed by atoms with van der Waals surface area (Å²) < 4.78 is 0.870. The number of benzene rings is 1. The first-order valence-corrected chi connectivity index (χ1v) is 8.36. The van der Waals surface area contributed by atoms with Gasteiger partial charge in [0, 0.05) is 21.1 Å². The van der Waals surface area contributed by atoms with Crippen LogP contribution in [0.25, 0.3) is 0 Å². The summed E-state index contributed by atoms with van der Waals surface area (Å²) in [5, 5.41) is 10.2. The highest BCUT2D eigenvalue weighted by atomic mass is 79.9. The van der Waals surface area contributed by atoms with E-state index >= 15 is 0 Å². The van der Waals surface area contributed by atoms with Crippen LogP contribution in [0.15, 0.2) is 43.6 Å². The number of aromatic nitrogens is 2. The Morgan fingerprint density at radius 2 is 2.19 bits per heavy atom. The molecule has 0 amide bonds. The van der Waals surface area contributed by atoms with Gasteiger partial charge in [0.15, 0.2) is 5.16 Å². The van der Waals surface area contributed by atoms with E-state index in [1.807, 2.05) is 18.2 Å². The van der Waals surface area contributed by atoms with Crippen molar-refractivity contribution in [1.29, 1.82) is 0 Å². The van der Waals surface area contributed by atoms with Crippen LogP contribution in [0, 0.1) is 0 Å². The lowest BCUT2D eigenvalue weighted by Gasteiger charge is -2.09. The average Bonchev–Trinajstić information content (AvgIpc) is 2.40. The van der Waals surface area contributed by atoms with Gasteiger partial charge < -0.3 is 10.1 Å². The number of nitrogens with one attached hydrogen (secondary N) is 1. The number of H-pyrrole nitrogens is 1. The first-order chi connectivity index (χ1) is 9.99. The van der Waals surface area contributed by atoms with Gasteiger partial charge >= 0.3 is 0 Å². The first kappa shape index (κ1) is 16.3. The molecule has 2 aromatic rings. The highest BCUT2D eigenvalue weighted by molar-refractivity contribution is 9.10. The molecule has 21 heavy (non-hydrogen) atoms. The van der Waals surface area contributed by atoms with E-state index in [-0.39, 0.29) is 5.56 Å². The summed E-state index contributed by atoms with van der Waals surface area (Å²) in [6.07, 6.45) is 1.23. The number of rotatable bonds is 5. The molecule has 0 bridgehead atoms. The second kappa shape index (κ2) is 7.24. The van der Waals surface area contributed by atoms with Crippen LogP contribution in [0.4, 0.5) is 0 Å². The van der Waals surface area contributed by atoms with Crippen molar-refractivity contribution in [3.05, 3.63) is 50.3 Å². The Bertz CT molecular complexity index is 686. The molecule has 0 aliphatic rings. The second-order valence-electron chi connectivity index (χ2n) is 4.76. The number of aromatic amines is 1. The van der Waals surface area contributed by atoms with Gasteiger partial charge in [0.25, 0.3) is 5.56 Å². The predicted octanol–water partition coefficient (Wildman–Crippen LogP) is 3.69. The molecular weight excluding hydrogens is 352 g/mol. The lowest BCUT2D eigenvalue weighted by Crippen LogP contribution is -2.09. The summed E-state index contributed by atoms with van der Waals surface area (Å²) in [5.74, 6) is 0. The predicted molar refractivity (Wildman–Crippen MR) is 87.8 cm³/mol. The van der Waals surface area contributed by atoms with Crippen LogP contribution >= 0.6 is 27.7 Å². The van der Waals surface area contributed by atoms with Crippen LogP contribution in [-0.2, 0) is 6.42 Å². The molecule has 0 aliphatic heterocycles. The van der Waals surface area contributed by atoms with Crippen molar-refractivity contribution in [3.8, 4) is 0 Å². The van der Waals surface area contributed by atoms with Gasteiger partial charge in [0.2, 0.25) is 0 Å². The molecule has 6 heteroatoms. The third kappa shape index (κ3) is 4.43. The molecule has 4 nitrogen and oxygen atoms in total. The molecule has 1 aromatic heterocycles. The van der Waals surface area contributed by atoms with E-state index < -0.39 is 6.10 Å². The summed E-state index contributed by atoms with van der Waals surface area (Å²) in [4.78, 5) is 19.8. The Kier molecular flexibility index (Phi) is 5.61. The molecule has 0 fully saturated rings. The molecule has 0 saturated heterocycles. The fraction of sp³-hybridized carbons (Fsp3) is 0.333. The molecule has 112 valence electrons. The molecular formula is C15H17BrN2O2S. The van der Waals surface area contributed by atoms with Crippen molar-refractivity contribution >= 4 is 27.7 Å². The fourth-order valence-corrected chi connectivity index (χ4v) is 3.33. The molecule has 1 aromatic carbocycles. The molecule has 0 saturated carbocycles. The highest BCUT2D eigenvalue weighted by Crippen LogP contribution is 2.33. The quantitative estimate of drug-likeness (QED) is 0.789. The minimum absolute atomic E-state index is 0.132. The normalized spacial score (nSPS) is 12.4. The number of hydrogen-bond donors (Lipinski definition) is 2. The Morgan fingerprint density at radius 1 is 1.43 bits per heavy atom. The van der Waals surface area contributed by atoms with E-state index in [1.54, 1.807) is 13.0 Å². The average molecular weight is 369 g/mol. The molecule has 2 rings (SSSR count). The van der Waals surface area contributed by atoms with Crippen LogP contribution < -0.4 is 5.56 Å². The largest absolute Gasteiger partial charge is 0.389 e. The maximum Gasteiger partial charge on any atom is 0.251 e. The summed E-state index contributed by atoms with van der Waals surface area (Å²) >= 11 is 4.88. The molecule has 2 N–H and O–H groups in total. The number of nitrogens with zero attached hydrogens (tertiary/aromatic N) is 1. The van der Waals surface area contributed by atoms with Crippen LogP contribution in [-0.4, -0.2) is 15.1 Å².